The molecular weight excluding hydrogens is 316 g/mol. The Labute approximate surface area is 150 Å². The van der Waals surface area contributed by atoms with Gasteiger partial charge >= 0.3 is 37.3 Å². The van der Waals surface area contributed by atoms with Crippen LogP contribution in [0.4, 0.5) is 0 Å². The summed E-state index contributed by atoms with van der Waals surface area (Å²) in [6.07, 6.45) is 0. The van der Waals surface area contributed by atoms with E-state index in [0.717, 1.165) is 0 Å². The van der Waals surface area contributed by atoms with E-state index >= 15 is 0 Å². The Bertz CT molecular complexity index is 593. The topological polar surface area (TPSA) is 87.7 Å². The number of carbonyl (C=O) groups excluding carboxylic acids is 1. The fourth-order valence-electron chi connectivity index (χ4n) is 1.48. The second kappa shape index (κ2) is 8.98. The van der Waals surface area contributed by atoms with E-state index in [9.17, 15) is 14.5 Å². The van der Waals surface area contributed by atoms with Gasteiger partial charge in [-0.3, -0.25) is 0 Å². The van der Waals surface area contributed by atoms with Crippen molar-refractivity contribution in [3.63, 3.8) is 0 Å². The summed E-state index contributed by atoms with van der Waals surface area (Å²) in [5, 5.41) is 12.8. The van der Waals surface area contributed by atoms with Crippen LogP contribution >= 0.6 is 7.75 Å². The van der Waals surface area contributed by atoms with Crippen LogP contribution in [-0.4, -0.2) is 12.5 Å². The minimum atomic E-state index is -3.89. The Morgan fingerprint density at radius 2 is 1.36 bits per heavy atom. The first-order valence-corrected chi connectivity index (χ1v) is 7.66. The van der Waals surface area contributed by atoms with E-state index in [1.54, 1.807) is 60.7 Å². The van der Waals surface area contributed by atoms with E-state index in [0.29, 0.717) is 11.5 Å². The van der Waals surface area contributed by atoms with Crippen molar-refractivity contribution in [2.24, 2.45) is 0 Å². The first-order valence-electron chi connectivity index (χ1n) is 6.12. The summed E-state index contributed by atoms with van der Waals surface area (Å²) in [6, 6.07) is 16.7. The van der Waals surface area contributed by atoms with Crippen LogP contribution in [0.5, 0.6) is 11.5 Å². The predicted molar refractivity (Wildman–Crippen MR) is 74.8 cm³/mol. The quantitative estimate of drug-likeness (QED) is 0.496. The molecule has 2 rings (SSSR count). The number of para-hydroxylation sites is 2. The van der Waals surface area contributed by atoms with E-state index in [1.807, 2.05) is 0 Å². The summed E-state index contributed by atoms with van der Waals surface area (Å²) in [7, 11) is -3.89. The van der Waals surface area contributed by atoms with Crippen LogP contribution in [0.15, 0.2) is 60.7 Å². The number of rotatable bonds is 7. The standard InChI is InChI=1S/C14H14NO5P.Na/c16-14(17)11-15-21(18,19-12-7-3-1-4-8-12)20-13-9-5-2-6-10-13;/h1-10H,11H2,(H,15,18)(H,16,17);/q;+1/p-1. The fourth-order valence-corrected chi connectivity index (χ4v) is 2.77. The number of carboxylic acid groups (broad SMARTS) is 1. The van der Waals surface area contributed by atoms with Gasteiger partial charge in [0.15, 0.2) is 0 Å². The fraction of sp³-hybridized carbons (Fsp3) is 0.0714. The van der Waals surface area contributed by atoms with Gasteiger partial charge in [0.05, 0.1) is 5.97 Å². The van der Waals surface area contributed by atoms with Crippen molar-refractivity contribution in [3.8, 4) is 11.5 Å². The number of hydrogen-bond acceptors (Lipinski definition) is 5. The maximum absolute atomic E-state index is 12.6. The Morgan fingerprint density at radius 1 is 0.955 bits per heavy atom. The molecule has 6 nitrogen and oxygen atoms in total. The van der Waals surface area contributed by atoms with Gasteiger partial charge in [-0.1, -0.05) is 36.4 Å². The molecule has 0 unspecified atom stereocenters. The first-order chi connectivity index (χ1) is 10.1. The second-order valence-electron chi connectivity index (χ2n) is 4.01. The predicted octanol–water partition coefficient (Wildman–Crippen LogP) is -1.40. The van der Waals surface area contributed by atoms with Crippen LogP contribution < -0.4 is 48.8 Å². The van der Waals surface area contributed by atoms with E-state index in [1.165, 1.54) is 0 Å². The largest absolute Gasteiger partial charge is 1.00 e. The number of hydrogen-bond donors (Lipinski definition) is 1. The van der Waals surface area contributed by atoms with Gasteiger partial charge < -0.3 is 18.9 Å². The smallest absolute Gasteiger partial charge is 0.549 e. The van der Waals surface area contributed by atoms with Gasteiger partial charge in [-0.15, -0.1) is 0 Å². The van der Waals surface area contributed by atoms with Crippen LogP contribution in [0, 0.1) is 0 Å². The summed E-state index contributed by atoms with van der Waals surface area (Å²) in [5.74, 6) is -0.825. The summed E-state index contributed by atoms with van der Waals surface area (Å²) in [4.78, 5) is 10.5. The molecule has 0 bridgehead atoms. The van der Waals surface area contributed by atoms with Gasteiger partial charge in [0.1, 0.15) is 11.5 Å². The van der Waals surface area contributed by atoms with Gasteiger partial charge in [-0.2, -0.15) is 5.09 Å². The van der Waals surface area contributed by atoms with Gasteiger partial charge in [0, 0.05) is 6.54 Å². The maximum Gasteiger partial charge on any atom is 1.00 e. The van der Waals surface area contributed by atoms with E-state index in [2.05, 4.69) is 5.09 Å². The van der Waals surface area contributed by atoms with E-state index in [4.69, 9.17) is 9.05 Å². The normalized spacial score (nSPS) is 10.4. The molecule has 0 radical (unpaired) electrons. The Hall–Kier alpha value is -1.30. The molecule has 0 aromatic heterocycles. The average molecular weight is 329 g/mol. The molecule has 0 spiro atoms. The third kappa shape index (κ3) is 6.22. The number of benzene rings is 2. The molecule has 2 aromatic rings. The van der Waals surface area contributed by atoms with Crippen molar-refractivity contribution < 1.29 is 53.1 Å². The van der Waals surface area contributed by atoms with Crippen molar-refractivity contribution in [2.75, 3.05) is 6.54 Å². The molecule has 0 atom stereocenters. The number of carbonyl (C=O) groups is 1. The summed E-state index contributed by atoms with van der Waals surface area (Å²) in [6.45, 7) is -0.656. The average Bonchev–Trinajstić information content (AvgIpc) is 2.47. The van der Waals surface area contributed by atoms with Crippen LogP contribution in [0.3, 0.4) is 0 Å². The van der Waals surface area contributed by atoms with Gasteiger partial charge in [0.2, 0.25) is 0 Å². The molecule has 0 saturated heterocycles. The minimum absolute atomic E-state index is 0. The third-order valence-electron chi connectivity index (χ3n) is 2.35. The van der Waals surface area contributed by atoms with Crippen molar-refractivity contribution in [1.82, 2.24) is 5.09 Å². The molecule has 0 aliphatic carbocycles. The molecule has 2 aromatic carbocycles. The van der Waals surface area contributed by atoms with Crippen molar-refractivity contribution in [2.45, 2.75) is 0 Å². The molecule has 0 heterocycles. The van der Waals surface area contributed by atoms with E-state index < -0.39 is 20.3 Å². The zero-order valence-electron chi connectivity index (χ0n) is 12.0. The molecule has 0 saturated carbocycles. The maximum atomic E-state index is 12.6. The number of nitrogens with one attached hydrogen (secondary N) is 1. The molecule has 8 heteroatoms. The van der Waals surface area contributed by atoms with Crippen molar-refractivity contribution >= 4 is 13.7 Å². The molecule has 0 amide bonds. The summed E-state index contributed by atoms with van der Waals surface area (Å²) < 4.78 is 23.2. The van der Waals surface area contributed by atoms with Gasteiger partial charge in [0.25, 0.3) is 0 Å². The molecule has 1 N–H and O–H groups in total. The van der Waals surface area contributed by atoms with Gasteiger partial charge in [-0.25, -0.2) is 4.57 Å². The van der Waals surface area contributed by atoms with Crippen molar-refractivity contribution in [3.05, 3.63) is 60.7 Å². The Kier molecular flexibility index (Phi) is 7.65. The summed E-state index contributed by atoms with van der Waals surface area (Å²) >= 11 is 0. The monoisotopic (exact) mass is 329 g/mol. The third-order valence-corrected chi connectivity index (χ3v) is 3.80. The van der Waals surface area contributed by atoms with Crippen molar-refractivity contribution in [1.29, 1.82) is 0 Å². The molecular formula is C14H13NNaO5P. The molecule has 110 valence electrons. The van der Waals surface area contributed by atoms with Gasteiger partial charge in [-0.05, 0) is 24.3 Å². The first kappa shape index (κ1) is 18.7. The number of aliphatic carboxylic acids is 1. The van der Waals surface area contributed by atoms with Crippen LogP contribution in [0.25, 0.3) is 0 Å². The molecule has 0 fully saturated rings. The van der Waals surface area contributed by atoms with Crippen LogP contribution in [0.1, 0.15) is 0 Å². The minimum Gasteiger partial charge on any atom is -0.549 e. The van der Waals surface area contributed by atoms with Crippen LogP contribution in [0.2, 0.25) is 0 Å². The zero-order chi connectivity index (χ0) is 15.1. The Morgan fingerprint density at radius 3 is 1.73 bits per heavy atom. The zero-order valence-corrected chi connectivity index (χ0v) is 14.9. The Balaban J connectivity index is 0.00000242. The van der Waals surface area contributed by atoms with Crippen LogP contribution in [-0.2, 0) is 9.36 Å². The molecule has 0 aliphatic rings. The van der Waals surface area contributed by atoms with E-state index in [-0.39, 0.29) is 29.6 Å². The molecule has 22 heavy (non-hydrogen) atoms. The molecule has 0 aliphatic heterocycles. The second-order valence-corrected chi connectivity index (χ2v) is 5.69. The SMILES string of the molecule is O=C([O-])CNP(=O)(Oc1ccccc1)Oc1ccccc1.[Na+]. The number of carboxylic acids is 1. The summed E-state index contributed by atoms with van der Waals surface area (Å²) in [5.41, 5.74) is 0.